The summed E-state index contributed by atoms with van der Waals surface area (Å²) < 4.78 is 4.92. The maximum atomic E-state index is 11.4. The third-order valence-corrected chi connectivity index (χ3v) is 3.12. The smallest absolute Gasteiger partial charge is 0.322 e. The number of ether oxygens (including phenoxy) is 1. The zero-order chi connectivity index (χ0) is 10.1. The van der Waals surface area contributed by atoms with Crippen LogP contribution in [-0.4, -0.2) is 28.5 Å². The fraction of sp³-hybridized carbons (Fsp3) is 0.750. The quantitative estimate of drug-likeness (QED) is 0.671. The van der Waals surface area contributed by atoms with Crippen molar-refractivity contribution < 1.29 is 9.53 Å². The molecule has 0 aromatic rings. The first-order valence-electron chi connectivity index (χ1n) is 4.16. The number of thioether (sulfide) groups is 1. The van der Waals surface area contributed by atoms with Gasteiger partial charge in [-0.15, -0.1) is 0 Å². The molecule has 0 bridgehead atoms. The predicted molar refractivity (Wildman–Crippen MR) is 53.7 cm³/mol. The van der Waals surface area contributed by atoms with Gasteiger partial charge in [0.15, 0.2) is 5.17 Å². The number of carbonyl (C=O) groups excluding carboxylic acids is 1. The summed E-state index contributed by atoms with van der Waals surface area (Å²) >= 11 is 1.27. The van der Waals surface area contributed by atoms with Crippen LogP contribution in [0.1, 0.15) is 20.8 Å². The fourth-order valence-electron chi connectivity index (χ4n) is 1.19. The summed E-state index contributed by atoms with van der Waals surface area (Å²) in [5, 5.41) is 0.163. The summed E-state index contributed by atoms with van der Waals surface area (Å²) in [7, 11) is 0. The summed E-state index contributed by atoms with van der Waals surface area (Å²) in [5.41, 5.74) is 5.10. The molecule has 0 saturated carbocycles. The van der Waals surface area contributed by atoms with Crippen molar-refractivity contribution in [3.05, 3.63) is 0 Å². The lowest BCUT2D eigenvalue weighted by Gasteiger charge is -2.20. The molecule has 13 heavy (non-hydrogen) atoms. The zero-order valence-corrected chi connectivity index (χ0v) is 8.85. The van der Waals surface area contributed by atoms with Crippen LogP contribution in [0.3, 0.4) is 0 Å². The molecule has 1 rings (SSSR count). The summed E-state index contributed by atoms with van der Waals surface area (Å²) in [5.74, 6) is -0.235. The van der Waals surface area contributed by atoms with Gasteiger partial charge in [-0.25, -0.2) is 0 Å². The topological polar surface area (TPSA) is 64.7 Å². The maximum Gasteiger partial charge on any atom is 0.322 e. The van der Waals surface area contributed by atoms with Gasteiger partial charge < -0.3 is 10.5 Å². The molecule has 2 N–H and O–H groups in total. The minimum Gasteiger partial charge on any atom is -0.465 e. The van der Waals surface area contributed by atoms with E-state index in [0.29, 0.717) is 11.8 Å². The van der Waals surface area contributed by atoms with Crippen LogP contribution in [0.5, 0.6) is 0 Å². The first-order valence-corrected chi connectivity index (χ1v) is 5.04. The highest BCUT2D eigenvalue weighted by Crippen LogP contribution is 2.34. The number of amidine groups is 1. The SMILES string of the molecule is CCOC(=O)C1SC(N)=NC1(C)C. The second-order valence-corrected chi connectivity index (χ2v) is 4.48. The van der Waals surface area contributed by atoms with Crippen molar-refractivity contribution in [1.82, 2.24) is 0 Å². The lowest BCUT2D eigenvalue weighted by atomic mass is 10.0. The van der Waals surface area contributed by atoms with E-state index in [4.69, 9.17) is 10.5 Å². The van der Waals surface area contributed by atoms with Crippen LogP contribution in [0.25, 0.3) is 0 Å². The number of nitrogens with two attached hydrogens (primary N) is 1. The minimum atomic E-state index is -0.443. The maximum absolute atomic E-state index is 11.4. The van der Waals surface area contributed by atoms with Crippen molar-refractivity contribution >= 4 is 22.9 Å². The average Bonchev–Trinajstić information content (AvgIpc) is 2.24. The number of esters is 1. The Bertz CT molecular complexity index is 251. The number of rotatable bonds is 2. The zero-order valence-electron chi connectivity index (χ0n) is 8.03. The Balaban J connectivity index is 2.69. The van der Waals surface area contributed by atoms with E-state index in [1.807, 2.05) is 13.8 Å². The van der Waals surface area contributed by atoms with Crippen molar-refractivity contribution in [3.8, 4) is 0 Å². The molecule has 0 aromatic heterocycles. The lowest BCUT2D eigenvalue weighted by molar-refractivity contribution is -0.143. The van der Waals surface area contributed by atoms with E-state index in [2.05, 4.69) is 4.99 Å². The van der Waals surface area contributed by atoms with Crippen molar-refractivity contribution in [3.63, 3.8) is 0 Å². The van der Waals surface area contributed by atoms with Gasteiger partial charge in [0, 0.05) is 0 Å². The second-order valence-electron chi connectivity index (χ2n) is 3.35. The van der Waals surface area contributed by atoms with Gasteiger partial charge in [-0.1, -0.05) is 11.8 Å². The molecule has 1 atom stereocenters. The van der Waals surface area contributed by atoms with Crippen molar-refractivity contribution in [2.24, 2.45) is 10.7 Å². The number of carbonyl (C=O) groups is 1. The average molecular weight is 202 g/mol. The molecule has 0 aliphatic carbocycles. The predicted octanol–water partition coefficient (Wildman–Crippen LogP) is 0.758. The number of hydrogen-bond acceptors (Lipinski definition) is 5. The van der Waals surface area contributed by atoms with Gasteiger partial charge in [0.05, 0.1) is 12.1 Å². The Morgan fingerprint density at radius 2 is 2.38 bits per heavy atom. The lowest BCUT2D eigenvalue weighted by Crippen LogP contribution is -2.36. The summed E-state index contributed by atoms with van der Waals surface area (Å²) in [4.78, 5) is 15.6. The monoisotopic (exact) mass is 202 g/mol. The molecule has 0 fully saturated rings. The Kier molecular flexibility index (Phi) is 2.85. The minimum absolute atomic E-state index is 0.235. The molecule has 1 aliphatic rings. The largest absolute Gasteiger partial charge is 0.465 e. The molecule has 1 unspecified atom stereocenters. The molecule has 0 saturated heterocycles. The molecular formula is C8H14N2O2S. The molecule has 1 aliphatic heterocycles. The van der Waals surface area contributed by atoms with Crippen LogP contribution in [-0.2, 0) is 9.53 Å². The Morgan fingerprint density at radius 3 is 2.77 bits per heavy atom. The van der Waals surface area contributed by atoms with Crippen LogP contribution in [0.2, 0.25) is 0 Å². The first-order chi connectivity index (χ1) is 5.97. The Labute approximate surface area is 81.9 Å². The fourth-order valence-corrected chi connectivity index (χ4v) is 2.22. The van der Waals surface area contributed by atoms with E-state index in [1.165, 1.54) is 11.8 Å². The van der Waals surface area contributed by atoms with Gasteiger partial charge >= 0.3 is 5.97 Å². The number of nitrogens with zero attached hydrogens (tertiary/aromatic N) is 1. The van der Waals surface area contributed by atoms with Crippen LogP contribution in [0, 0.1) is 0 Å². The molecule has 5 heteroatoms. The van der Waals surface area contributed by atoms with Crippen molar-refractivity contribution in [2.75, 3.05) is 6.61 Å². The van der Waals surface area contributed by atoms with Gasteiger partial charge in [0.25, 0.3) is 0 Å². The van der Waals surface area contributed by atoms with E-state index in [1.54, 1.807) is 6.92 Å². The van der Waals surface area contributed by atoms with Crippen molar-refractivity contribution in [2.45, 2.75) is 31.6 Å². The molecular weight excluding hydrogens is 188 g/mol. The number of hydrogen-bond donors (Lipinski definition) is 1. The summed E-state index contributed by atoms with van der Waals surface area (Å²) in [6, 6.07) is 0. The van der Waals surface area contributed by atoms with Gasteiger partial charge in [-0.2, -0.15) is 0 Å². The van der Waals surface area contributed by atoms with Gasteiger partial charge in [-0.05, 0) is 20.8 Å². The highest BCUT2D eigenvalue weighted by molar-refractivity contribution is 8.15. The highest BCUT2D eigenvalue weighted by Gasteiger charge is 2.42. The van der Waals surface area contributed by atoms with Crippen molar-refractivity contribution in [1.29, 1.82) is 0 Å². The normalized spacial score (nSPS) is 25.5. The van der Waals surface area contributed by atoms with E-state index >= 15 is 0 Å². The van der Waals surface area contributed by atoms with E-state index < -0.39 is 5.54 Å². The Morgan fingerprint density at radius 1 is 1.77 bits per heavy atom. The van der Waals surface area contributed by atoms with E-state index in [0.717, 1.165) is 0 Å². The molecule has 1 heterocycles. The molecule has 74 valence electrons. The Hall–Kier alpha value is -0.710. The third kappa shape index (κ3) is 2.15. The van der Waals surface area contributed by atoms with Crippen LogP contribution < -0.4 is 5.73 Å². The van der Waals surface area contributed by atoms with E-state index in [9.17, 15) is 4.79 Å². The molecule has 0 radical (unpaired) electrons. The van der Waals surface area contributed by atoms with Gasteiger partial charge in [-0.3, -0.25) is 9.79 Å². The third-order valence-electron chi connectivity index (χ3n) is 1.78. The van der Waals surface area contributed by atoms with E-state index in [-0.39, 0.29) is 11.2 Å². The summed E-state index contributed by atoms with van der Waals surface area (Å²) in [6.45, 7) is 5.93. The van der Waals surface area contributed by atoms with Gasteiger partial charge in [0.2, 0.25) is 0 Å². The highest BCUT2D eigenvalue weighted by atomic mass is 32.2. The second kappa shape index (κ2) is 3.57. The van der Waals surface area contributed by atoms with Crippen LogP contribution in [0.15, 0.2) is 4.99 Å². The van der Waals surface area contributed by atoms with Gasteiger partial charge in [0.1, 0.15) is 5.25 Å². The first kappa shape index (κ1) is 10.4. The molecule has 0 amide bonds. The van der Waals surface area contributed by atoms with Crippen LogP contribution in [0.4, 0.5) is 0 Å². The molecule has 4 nitrogen and oxygen atoms in total. The standard InChI is InChI=1S/C8H14N2O2S/c1-4-12-6(11)5-8(2,3)10-7(9)13-5/h5H,4H2,1-3H3,(H2,9,10). The van der Waals surface area contributed by atoms with Crippen LogP contribution >= 0.6 is 11.8 Å². The molecule has 0 spiro atoms. The summed E-state index contributed by atoms with van der Waals surface area (Å²) in [6.07, 6.45) is 0. The molecule has 0 aromatic carbocycles. The number of aliphatic imine (C=N–C) groups is 1.